The average molecular weight is 464 g/mol. The van der Waals surface area contributed by atoms with Crippen molar-refractivity contribution < 1.29 is 27.4 Å². The maximum Gasteiger partial charge on any atom is 0.433 e. The second kappa shape index (κ2) is 8.01. The molecule has 0 aliphatic heterocycles. The number of nitrogens with zero attached hydrogens (tertiary/aromatic N) is 1. The van der Waals surface area contributed by atoms with Crippen molar-refractivity contribution in [3.05, 3.63) is 50.1 Å². The number of pyridine rings is 1. The number of esters is 1. The number of aromatic nitrogens is 1. The standard InChI is InChI=1S/C19H14Cl2F3NO3S/c1-8-11(4-5-14(25-8)19(22,23)24)7-27-13-6-12(20)15-17(28-10(3)26)9(2)29-18(15)16(13)21/h4-6H,7H2,1-3H3. The predicted molar refractivity (Wildman–Crippen MR) is 106 cm³/mol. The van der Waals surface area contributed by atoms with Crippen LogP contribution in [0, 0.1) is 13.8 Å². The molecule has 2 aromatic heterocycles. The van der Waals surface area contributed by atoms with Crippen molar-refractivity contribution in [2.24, 2.45) is 0 Å². The van der Waals surface area contributed by atoms with Crippen LogP contribution in [0.2, 0.25) is 10.0 Å². The Morgan fingerprint density at radius 3 is 2.52 bits per heavy atom. The summed E-state index contributed by atoms with van der Waals surface area (Å²) in [5.74, 6) is 0.128. The largest absolute Gasteiger partial charge is 0.487 e. The number of benzene rings is 1. The van der Waals surface area contributed by atoms with Crippen LogP contribution < -0.4 is 9.47 Å². The van der Waals surface area contributed by atoms with E-state index in [1.54, 1.807) is 6.92 Å². The van der Waals surface area contributed by atoms with Gasteiger partial charge >= 0.3 is 12.1 Å². The molecule has 3 aromatic rings. The maximum atomic E-state index is 12.8. The minimum absolute atomic E-state index is 0.0420. The van der Waals surface area contributed by atoms with Crippen LogP contribution in [0.1, 0.15) is 28.8 Å². The molecule has 0 spiro atoms. The highest BCUT2D eigenvalue weighted by molar-refractivity contribution is 7.20. The Bertz CT molecular complexity index is 1110. The first-order valence-electron chi connectivity index (χ1n) is 8.25. The molecule has 0 saturated heterocycles. The van der Waals surface area contributed by atoms with Gasteiger partial charge in [-0.3, -0.25) is 4.79 Å². The van der Waals surface area contributed by atoms with E-state index in [0.717, 1.165) is 10.9 Å². The summed E-state index contributed by atoms with van der Waals surface area (Å²) >= 11 is 14.1. The molecule has 10 heteroatoms. The van der Waals surface area contributed by atoms with Crippen molar-refractivity contribution in [2.45, 2.75) is 33.6 Å². The van der Waals surface area contributed by atoms with E-state index >= 15 is 0 Å². The van der Waals surface area contributed by atoms with Gasteiger partial charge in [0.2, 0.25) is 0 Å². The van der Waals surface area contributed by atoms with Crippen molar-refractivity contribution >= 4 is 50.6 Å². The summed E-state index contributed by atoms with van der Waals surface area (Å²) in [4.78, 5) is 15.7. The van der Waals surface area contributed by atoms with Crippen LogP contribution in [-0.2, 0) is 17.6 Å². The number of aryl methyl sites for hydroxylation is 2. The molecule has 1 aromatic carbocycles. The lowest BCUT2D eigenvalue weighted by Gasteiger charge is -2.13. The minimum atomic E-state index is -4.51. The fourth-order valence-electron chi connectivity index (χ4n) is 2.69. The van der Waals surface area contributed by atoms with Crippen molar-refractivity contribution in [2.75, 3.05) is 0 Å². The molecular weight excluding hydrogens is 450 g/mol. The van der Waals surface area contributed by atoms with Gasteiger partial charge in [0.1, 0.15) is 23.1 Å². The van der Waals surface area contributed by atoms with E-state index < -0.39 is 17.8 Å². The number of carbonyl (C=O) groups is 1. The molecule has 0 fully saturated rings. The molecule has 0 unspecified atom stereocenters. The normalized spacial score (nSPS) is 11.7. The molecule has 0 saturated carbocycles. The second-order valence-electron chi connectivity index (χ2n) is 6.18. The Morgan fingerprint density at radius 2 is 1.93 bits per heavy atom. The van der Waals surface area contributed by atoms with E-state index in [4.69, 9.17) is 32.7 Å². The van der Waals surface area contributed by atoms with Gasteiger partial charge < -0.3 is 9.47 Å². The van der Waals surface area contributed by atoms with Gasteiger partial charge in [-0.2, -0.15) is 13.2 Å². The summed E-state index contributed by atoms with van der Waals surface area (Å²) in [6.07, 6.45) is -4.51. The van der Waals surface area contributed by atoms with E-state index in [1.807, 2.05) is 0 Å². The lowest BCUT2D eigenvalue weighted by Crippen LogP contribution is -2.10. The molecular formula is C19H14Cl2F3NO3S. The van der Waals surface area contributed by atoms with Crippen molar-refractivity contribution in [3.63, 3.8) is 0 Å². The summed E-state index contributed by atoms with van der Waals surface area (Å²) < 4.78 is 49.8. The van der Waals surface area contributed by atoms with E-state index in [0.29, 0.717) is 21.4 Å². The van der Waals surface area contributed by atoms with Gasteiger partial charge in [-0.15, -0.1) is 11.3 Å². The monoisotopic (exact) mass is 463 g/mol. The highest BCUT2D eigenvalue weighted by atomic mass is 35.5. The zero-order chi connectivity index (χ0) is 21.5. The van der Waals surface area contributed by atoms with Gasteiger partial charge in [0.15, 0.2) is 5.75 Å². The van der Waals surface area contributed by atoms with Crippen LogP contribution in [0.15, 0.2) is 18.2 Å². The van der Waals surface area contributed by atoms with Crippen LogP contribution in [0.3, 0.4) is 0 Å². The molecule has 0 aliphatic rings. The fraction of sp³-hybridized carbons (Fsp3) is 0.263. The van der Waals surface area contributed by atoms with Gasteiger partial charge in [-0.05, 0) is 19.9 Å². The molecule has 0 atom stereocenters. The molecule has 3 rings (SSSR count). The first kappa shape index (κ1) is 21.7. The van der Waals surface area contributed by atoms with Gasteiger partial charge in [-0.1, -0.05) is 29.3 Å². The summed E-state index contributed by atoms with van der Waals surface area (Å²) in [5.41, 5.74) is -0.284. The minimum Gasteiger partial charge on any atom is -0.487 e. The number of halogens is 5. The van der Waals surface area contributed by atoms with Crippen LogP contribution in [0.25, 0.3) is 10.1 Å². The Balaban J connectivity index is 1.92. The quantitative estimate of drug-likeness (QED) is 0.401. The van der Waals surface area contributed by atoms with Gasteiger partial charge in [0.25, 0.3) is 0 Å². The first-order chi connectivity index (χ1) is 13.5. The molecule has 154 valence electrons. The lowest BCUT2D eigenvalue weighted by molar-refractivity contribution is -0.141. The molecule has 4 nitrogen and oxygen atoms in total. The summed E-state index contributed by atoms with van der Waals surface area (Å²) in [5, 5.41) is 1.06. The maximum absolute atomic E-state index is 12.8. The highest BCUT2D eigenvalue weighted by Gasteiger charge is 2.32. The second-order valence-corrected chi connectivity index (χ2v) is 8.19. The third-order valence-electron chi connectivity index (χ3n) is 4.06. The van der Waals surface area contributed by atoms with Gasteiger partial charge in [0.05, 0.1) is 15.1 Å². The number of ether oxygens (including phenoxy) is 2. The van der Waals surface area contributed by atoms with Crippen LogP contribution >= 0.6 is 34.5 Å². The fourth-order valence-corrected chi connectivity index (χ4v) is 4.38. The number of carbonyl (C=O) groups excluding carboxylic acids is 1. The zero-order valence-electron chi connectivity index (χ0n) is 15.4. The Hall–Kier alpha value is -2.03. The molecule has 0 radical (unpaired) electrons. The molecule has 2 heterocycles. The molecule has 0 N–H and O–H groups in total. The van der Waals surface area contributed by atoms with Crippen molar-refractivity contribution in [1.82, 2.24) is 4.98 Å². The topological polar surface area (TPSA) is 48.4 Å². The lowest BCUT2D eigenvalue weighted by atomic mass is 10.2. The zero-order valence-corrected chi connectivity index (χ0v) is 17.7. The van der Waals surface area contributed by atoms with Crippen LogP contribution in [-0.4, -0.2) is 11.0 Å². The molecule has 0 amide bonds. The number of alkyl halides is 3. The van der Waals surface area contributed by atoms with Crippen LogP contribution in [0.4, 0.5) is 13.2 Å². The highest BCUT2D eigenvalue weighted by Crippen LogP contribution is 2.48. The summed E-state index contributed by atoms with van der Waals surface area (Å²) in [6.45, 7) is 4.49. The van der Waals surface area contributed by atoms with E-state index in [-0.39, 0.29) is 28.1 Å². The number of rotatable bonds is 4. The smallest absolute Gasteiger partial charge is 0.433 e. The van der Waals surface area contributed by atoms with Gasteiger partial charge in [-0.25, -0.2) is 4.98 Å². The van der Waals surface area contributed by atoms with E-state index in [1.165, 1.54) is 37.3 Å². The number of fused-ring (bicyclic) bond motifs is 1. The average Bonchev–Trinajstić information content (AvgIpc) is 2.93. The SMILES string of the molecule is CC(=O)Oc1c(C)sc2c(Cl)c(OCc3ccc(C(F)(F)F)nc3C)cc(Cl)c12. The summed E-state index contributed by atoms with van der Waals surface area (Å²) in [7, 11) is 0. The third kappa shape index (κ3) is 4.44. The van der Waals surface area contributed by atoms with E-state index in [9.17, 15) is 18.0 Å². The predicted octanol–water partition coefficient (Wildman–Crippen LogP) is 6.74. The van der Waals surface area contributed by atoms with Crippen LogP contribution in [0.5, 0.6) is 11.5 Å². The van der Waals surface area contributed by atoms with Gasteiger partial charge in [0, 0.05) is 29.1 Å². The Morgan fingerprint density at radius 1 is 1.24 bits per heavy atom. The molecule has 29 heavy (non-hydrogen) atoms. The van der Waals surface area contributed by atoms with Crippen molar-refractivity contribution in [3.8, 4) is 11.5 Å². The van der Waals surface area contributed by atoms with Crippen molar-refractivity contribution in [1.29, 1.82) is 0 Å². The number of hydrogen-bond donors (Lipinski definition) is 0. The number of hydrogen-bond acceptors (Lipinski definition) is 5. The first-order valence-corrected chi connectivity index (χ1v) is 9.82. The Labute approximate surface area is 178 Å². The Kier molecular flexibility index (Phi) is 5.98. The molecule has 0 bridgehead atoms. The molecule has 0 aliphatic carbocycles. The summed E-state index contributed by atoms with van der Waals surface area (Å²) in [6, 6.07) is 3.70. The third-order valence-corrected chi connectivity index (χ3v) is 5.95. The number of thiophene rings is 1. The van der Waals surface area contributed by atoms with E-state index in [2.05, 4.69) is 4.98 Å².